The average molecular weight is 1230 g/mol. The fourth-order valence-corrected chi connectivity index (χ4v) is 12.1. The van der Waals surface area contributed by atoms with Gasteiger partial charge in [0, 0.05) is 143 Å². The van der Waals surface area contributed by atoms with E-state index in [1.807, 2.05) is 57.2 Å². The zero-order chi connectivity index (χ0) is 63.7. The number of methoxy groups -OCH3 is 4. The molecule has 3 N–H and O–H groups in total. The van der Waals surface area contributed by atoms with E-state index < -0.39 is 5.60 Å². The van der Waals surface area contributed by atoms with Crippen molar-refractivity contribution in [3.05, 3.63) is 95.6 Å². The van der Waals surface area contributed by atoms with Crippen LogP contribution in [0.25, 0.3) is 43.9 Å². The number of pyridine rings is 2. The first-order valence-electron chi connectivity index (χ1n) is 33.0. The number of aromatic nitrogens is 6. The third-order valence-corrected chi connectivity index (χ3v) is 17.3. The van der Waals surface area contributed by atoms with Gasteiger partial charge in [-0.3, -0.25) is 0 Å². The van der Waals surface area contributed by atoms with E-state index in [0.717, 1.165) is 208 Å². The highest BCUT2D eigenvalue weighted by Gasteiger charge is 2.25. The molecule has 2 saturated heterocycles. The van der Waals surface area contributed by atoms with Crippen molar-refractivity contribution < 1.29 is 28.5 Å². The maximum Gasteiger partial charge on any atom is 0.407 e. The zero-order valence-corrected chi connectivity index (χ0v) is 56.0. The van der Waals surface area contributed by atoms with Crippen molar-refractivity contribution in [1.29, 1.82) is 0 Å². The van der Waals surface area contributed by atoms with E-state index in [1.54, 1.807) is 28.4 Å². The molecule has 1 amide bonds. The van der Waals surface area contributed by atoms with Gasteiger partial charge in [0.1, 0.15) is 51.3 Å². The van der Waals surface area contributed by atoms with E-state index in [4.69, 9.17) is 43.6 Å². The third-order valence-electron chi connectivity index (χ3n) is 17.3. The number of likely N-dealkylation sites (N-methyl/N-ethyl adjacent to an activating group) is 2. The molecule has 19 heteroatoms. The van der Waals surface area contributed by atoms with Crippen LogP contribution in [0.5, 0.6) is 23.0 Å². The normalized spacial score (nSPS) is 14.1. The van der Waals surface area contributed by atoms with Gasteiger partial charge < -0.3 is 68.4 Å². The Kier molecular flexibility index (Phi) is 23.5. The first-order chi connectivity index (χ1) is 43.6. The number of nitrogens with one attached hydrogen (secondary N) is 3. The molecule has 0 unspecified atom stereocenters. The summed E-state index contributed by atoms with van der Waals surface area (Å²) >= 11 is 0. The van der Waals surface area contributed by atoms with Crippen molar-refractivity contribution in [1.82, 2.24) is 44.2 Å². The monoisotopic (exact) mass is 1230 g/mol. The number of anilines is 4. The molecular formula is C71H101N13O6. The summed E-state index contributed by atoms with van der Waals surface area (Å²) in [6, 6.07) is 25.2. The molecule has 2 aliphatic heterocycles. The summed E-state index contributed by atoms with van der Waals surface area (Å²) < 4.78 is 32.5. The Bertz CT molecular complexity index is 3640. The number of fused-ring (bicyclic) bond motifs is 6. The minimum absolute atomic E-state index is 0.378. The second-order valence-electron chi connectivity index (χ2n) is 25.1. The van der Waals surface area contributed by atoms with Gasteiger partial charge in [-0.2, -0.15) is 0 Å². The molecule has 10 rings (SSSR count). The maximum atomic E-state index is 12.2. The molecule has 0 atom stereocenters. The summed E-state index contributed by atoms with van der Waals surface area (Å²) in [5, 5.41) is 12.5. The number of rotatable bonds is 28. The molecule has 0 bridgehead atoms. The molecular weight excluding hydrogens is 1130 g/mol. The van der Waals surface area contributed by atoms with Crippen molar-refractivity contribution in [2.45, 2.75) is 150 Å². The second-order valence-corrected chi connectivity index (χ2v) is 25.1. The number of unbranched alkanes of at least 4 members (excludes halogenated alkanes) is 6. The lowest BCUT2D eigenvalue weighted by atomic mass is 10.1. The highest BCUT2D eigenvalue weighted by Crippen LogP contribution is 2.37. The van der Waals surface area contributed by atoms with E-state index >= 15 is 0 Å². The Hall–Kier alpha value is -7.77. The summed E-state index contributed by atoms with van der Waals surface area (Å²) in [5.74, 6) is 6.90. The van der Waals surface area contributed by atoms with Crippen LogP contribution in [0.1, 0.15) is 129 Å². The number of amides is 1. The summed E-state index contributed by atoms with van der Waals surface area (Å²) in [7, 11) is 11.1. The number of alkyl carbamates (subject to hydrolysis) is 1. The van der Waals surface area contributed by atoms with Gasteiger partial charge in [-0.1, -0.05) is 52.9 Å². The Morgan fingerprint density at radius 2 is 0.956 bits per heavy atom. The molecule has 4 aromatic heterocycles. The molecule has 2 fully saturated rings. The lowest BCUT2D eigenvalue weighted by molar-refractivity contribution is 0.0526. The van der Waals surface area contributed by atoms with Crippen molar-refractivity contribution in [2.75, 3.05) is 122 Å². The molecule has 4 aromatic carbocycles. The third kappa shape index (κ3) is 16.8. The first kappa shape index (κ1) is 66.6. The molecule has 0 spiro atoms. The second kappa shape index (κ2) is 31.8. The summed E-state index contributed by atoms with van der Waals surface area (Å²) in [6.07, 6.45) is 12.5. The van der Waals surface area contributed by atoms with Gasteiger partial charge in [0.2, 0.25) is 0 Å². The number of carbonyl (C=O) groups is 1. The molecule has 8 aromatic rings. The number of ether oxygens (including phenoxy) is 5. The van der Waals surface area contributed by atoms with Gasteiger partial charge in [-0.15, -0.1) is 0 Å². The van der Waals surface area contributed by atoms with E-state index in [0.29, 0.717) is 19.6 Å². The van der Waals surface area contributed by atoms with Gasteiger partial charge >= 0.3 is 6.09 Å². The van der Waals surface area contributed by atoms with Crippen LogP contribution in [-0.2, 0) is 43.8 Å². The van der Waals surface area contributed by atoms with Crippen LogP contribution in [0.15, 0.2) is 72.8 Å². The summed E-state index contributed by atoms with van der Waals surface area (Å²) in [6.45, 7) is 24.1. The van der Waals surface area contributed by atoms with Gasteiger partial charge in [-0.25, -0.2) is 24.7 Å². The minimum atomic E-state index is -0.518. The maximum absolute atomic E-state index is 12.2. The molecule has 2 aliphatic rings. The van der Waals surface area contributed by atoms with E-state index in [-0.39, 0.29) is 6.09 Å². The largest absolute Gasteiger partial charge is 0.497 e. The van der Waals surface area contributed by atoms with Crippen LogP contribution in [0.2, 0.25) is 0 Å². The Balaban J connectivity index is 0.000000215. The van der Waals surface area contributed by atoms with Crippen LogP contribution in [0.4, 0.5) is 27.8 Å². The average Bonchev–Trinajstić information content (AvgIpc) is 1.55. The number of hydrogen-bond donors (Lipinski definition) is 3. The molecule has 0 aliphatic carbocycles. The summed E-state index contributed by atoms with van der Waals surface area (Å²) in [5.41, 5.74) is 10.1. The number of aryl methyl sites for hydroxylation is 4. The Labute approximate surface area is 534 Å². The smallest absolute Gasteiger partial charge is 0.407 e. The van der Waals surface area contributed by atoms with Crippen LogP contribution in [0.3, 0.4) is 0 Å². The quantitative estimate of drug-likeness (QED) is 0.0395. The number of imidazole rings is 2. The number of carbonyl (C=O) groups excluding carboxylic acids is 1. The number of piperazine rings is 2. The molecule has 0 radical (unpaired) electrons. The Morgan fingerprint density at radius 3 is 1.37 bits per heavy atom. The predicted molar refractivity (Wildman–Crippen MR) is 368 cm³/mol. The van der Waals surface area contributed by atoms with E-state index in [1.165, 1.54) is 47.4 Å². The molecule has 90 heavy (non-hydrogen) atoms. The van der Waals surface area contributed by atoms with Crippen molar-refractivity contribution in [2.24, 2.45) is 0 Å². The van der Waals surface area contributed by atoms with Crippen LogP contribution in [0, 0.1) is 0 Å². The topological polar surface area (TPSA) is 174 Å². The molecule has 6 heterocycles. The highest BCUT2D eigenvalue weighted by molar-refractivity contribution is 6.09. The number of benzene rings is 4. The van der Waals surface area contributed by atoms with E-state index in [9.17, 15) is 4.79 Å². The fraction of sp³-hybridized carbons (Fsp3) is 0.535. The predicted octanol–water partition coefficient (Wildman–Crippen LogP) is 13.5. The van der Waals surface area contributed by atoms with Crippen LogP contribution < -0.4 is 44.7 Å². The van der Waals surface area contributed by atoms with Crippen LogP contribution >= 0.6 is 0 Å². The number of hydrogen-bond acceptors (Lipinski definition) is 16. The van der Waals surface area contributed by atoms with Crippen molar-refractivity contribution in [3.63, 3.8) is 0 Å². The van der Waals surface area contributed by atoms with Gasteiger partial charge in [0.15, 0.2) is 11.6 Å². The van der Waals surface area contributed by atoms with Crippen molar-refractivity contribution in [3.8, 4) is 23.0 Å². The number of nitrogens with zero attached hydrogens (tertiary/aromatic N) is 10. The lowest BCUT2D eigenvalue weighted by Crippen LogP contribution is -2.44. The zero-order valence-electron chi connectivity index (χ0n) is 56.0. The SMILES string of the molecule is CCCCCCn1c(CCCC)nc2c(NCc3ccc(OC)cc3OC)nc3ccc(N4CCN(C)CC4)cc3c21.CCCCc1nc2c(NCc3ccc(OC)cc3OC)nc3ccc(N4CCN(C)CC4)cc3c2n1CCCCNC(=O)OC(C)(C)C. The molecule has 486 valence electrons. The fourth-order valence-electron chi connectivity index (χ4n) is 12.1. The lowest BCUT2D eigenvalue weighted by Gasteiger charge is -2.34. The van der Waals surface area contributed by atoms with E-state index in [2.05, 4.69) is 116 Å². The minimum Gasteiger partial charge on any atom is -0.497 e. The van der Waals surface area contributed by atoms with Crippen LogP contribution in [-0.4, -0.2) is 152 Å². The summed E-state index contributed by atoms with van der Waals surface area (Å²) in [4.78, 5) is 42.9. The van der Waals surface area contributed by atoms with Crippen molar-refractivity contribution >= 4 is 73.0 Å². The van der Waals surface area contributed by atoms with Gasteiger partial charge in [0.05, 0.1) is 50.5 Å². The Morgan fingerprint density at radius 1 is 0.511 bits per heavy atom. The standard InChI is InChI=1S/C37H53N7O4.C34H48N6O2/c1-8-9-12-32-41-33-34(44(32)18-11-10-17-38-36(45)48-37(2,3)4)29-23-27(43-21-19-42(5)20-22-43)14-16-30(29)40-35(33)39-25-26-13-15-28(46-6)24-31(26)47-7;1-6-8-10-11-17-40-31(12-9-7-2)37-32-33(40)28-22-26(39-20-18-38(3)19-21-39)14-16-29(28)36-34(32)35-24-25-13-15-27(41-4)23-30(25)42-5/h13-16,23-24H,8-12,17-22,25H2,1-7H3,(H,38,45)(H,39,40);13-16,22-23H,6-12,17-21,24H2,1-5H3,(H,35,36). The molecule has 0 saturated carbocycles. The molecule has 19 nitrogen and oxygen atoms in total. The first-order valence-corrected chi connectivity index (χ1v) is 33.0. The van der Waals surface area contributed by atoms with Gasteiger partial charge in [-0.05, 0) is 128 Å². The highest BCUT2D eigenvalue weighted by atomic mass is 16.6. The van der Waals surface area contributed by atoms with Gasteiger partial charge in [0.25, 0.3) is 0 Å².